The van der Waals surface area contributed by atoms with Crippen LogP contribution in [0.15, 0.2) is 23.4 Å². The molecule has 0 bridgehead atoms. The summed E-state index contributed by atoms with van der Waals surface area (Å²) in [6, 6.07) is 3.68. The van der Waals surface area contributed by atoms with Crippen molar-refractivity contribution in [3.05, 3.63) is 23.9 Å². The summed E-state index contributed by atoms with van der Waals surface area (Å²) in [5, 5.41) is 9.98. The van der Waals surface area contributed by atoms with Crippen LogP contribution in [-0.2, 0) is 10.2 Å². The Morgan fingerprint density at radius 3 is 2.86 bits per heavy atom. The molecule has 0 atom stereocenters. The van der Waals surface area contributed by atoms with Crippen molar-refractivity contribution in [2.75, 3.05) is 6.26 Å². The molecule has 0 aliphatic heterocycles. The van der Waals surface area contributed by atoms with Crippen LogP contribution in [0.3, 0.4) is 0 Å². The second-order valence-electron chi connectivity index (χ2n) is 3.45. The van der Waals surface area contributed by atoms with E-state index in [4.69, 9.17) is 5.11 Å². The summed E-state index contributed by atoms with van der Waals surface area (Å²) in [5.74, 6) is -0.721. The Labute approximate surface area is 86.5 Å². The highest BCUT2D eigenvalue weighted by atomic mass is 32.2. The summed E-state index contributed by atoms with van der Waals surface area (Å²) in [7, 11) is 0. The quantitative estimate of drug-likeness (QED) is 0.773. The van der Waals surface area contributed by atoms with E-state index in [-0.39, 0.29) is 0 Å². The molecular formula is C10H11NO2S. The molecule has 1 aliphatic carbocycles. The van der Waals surface area contributed by atoms with Crippen molar-refractivity contribution in [2.45, 2.75) is 23.3 Å². The topological polar surface area (TPSA) is 50.2 Å². The molecule has 0 aromatic carbocycles. The number of carbonyl (C=O) groups is 1. The molecule has 74 valence electrons. The van der Waals surface area contributed by atoms with E-state index in [0.29, 0.717) is 0 Å². The van der Waals surface area contributed by atoms with Gasteiger partial charge < -0.3 is 5.11 Å². The maximum Gasteiger partial charge on any atom is 0.314 e. The lowest BCUT2D eigenvalue weighted by Crippen LogP contribution is -2.20. The molecule has 0 spiro atoms. The van der Waals surface area contributed by atoms with E-state index in [9.17, 15) is 4.79 Å². The lowest BCUT2D eigenvalue weighted by atomic mass is 9.98. The fourth-order valence-corrected chi connectivity index (χ4v) is 2.29. The minimum Gasteiger partial charge on any atom is -0.481 e. The number of aliphatic carboxylic acids is 1. The Morgan fingerprint density at radius 1 is 1.64 bits per heavy atom. The van der Waals surface area contributed by atoms with Gasteiger partial charge in [0, 0.05) is 11.8 Å². The van der Waals surface area contributed by atoms with Crippen molar-refractivity contribution in [3.8, 4) is 0 Å². The Morgan fingerprint density at radius 2 is 2.36 bits per heavy atom. The van der Waals surface area contributed by atoms with E-state index in [1.165, 1.54) is 11.8 Å². The van der Waals surface area contributed by atoms with Gasteiger partial charge in [0.2, 0.25) is 0 Å². The van der Waals surface area contributed by atoms with Gasteiger partial charge in [-0.25, -0.2) is 4.98 Å². The smallest absolute Gasteiger partial charge is 0.314 e. The zero-order valence-electron chi connectivity index (χ0n) is 7.86. The average Bonchev–Trinajstić information content (AvgIpc) is 2.98. The summed E-state index contributed by atoms with van der Waals surface area (Å²) in [6.07, 6.45) is 5.10. The lowest BCUT2D eigenvalue weighted by Gasteiger charge is -2.12. The summed E-state index contributed by atoms with van der Waals surface area (Å²) < 4.78 is 0. The minimum atomic E-state index is -0.721. The van der Waals surface area contributed by atoms with Gasteiger partial charge in [0.05, 0.1) is 5.41 Å². The molecule has 1 saturated carbocycles. The van der Waals surface area contributed by atoms with E-state index >= 15 is 0 Å². The van der Waals surface area contributed by atoms with Gasteiger partial charge in [0.25, 0.3) is 0 Å². The molecule has 3 nitrogen and oxygen atoms in total. The van der Waals surface area contributed by atoms with E-state index in [1.54, 1.807) is 12.3 Å². The molecule has 1 aliphatic rings. The highest BCUT2D eigenvalue weighted by Crippen LogP contribution is 2.50. The van der Waals surface area contributed by atoms with Crippen molar-refractivity contribution in [1.82, 2.24) is 4.98 Å². The third-order valence-corrected chi connectivity index (χ3v) is 3.35. The largest absolute Gasteiger partial charge is 0.481 e. The first-order chi connectivity index (χ1) is 6.70. The number of aromatic nitrogens is 1. The van der Waals surface area contributed by atoms with Crippen LogP contribution in [0.25, 0.3) is 0 Å². The molecule has 0 unspecified atom stereocenters. The van der Waals surface area contributed by atoms with Gasteiger partial charge in [-0.05, 0) is 25.2 Å². The van der Waals surface area contributed by atoms with Crippen LogP contribution in [-0.4, -0.2) is 22.3 Å². The van der Waals surface area contributed by atoms with E-state index < -0.39 is 11.4 Å². The Hall–Kier alpha value is -1.03. The number of carboxylic acid groups (broad SMARTS) is 1. The fraction of sp³-hybridized carbons (Fsp3) is 0.400. The molecule has 0 amide bonds. The number of carboxylic acids is 1. The first-order valence-corrected chi connectivity index (χ1v) is 5.66. The fourth-order valence-electron chi connectivity index (χ4n) is 1.64. The lowest BCUT2D eigenvalue weighted by molar-refractivity contribution is -0.140. The van der Waals surface area contributed by atoms with E-state index in [0.717, 1.165) is 23.4 Å². The summed E-state index contributed by atoms with van der Waals surface area (Å²) >= 11 is 1.51. The van der Waals surface area contributed by atoms with Gasteiger partial charge in [0.1, 0.15) is 5.03 Å². The number of rotatable bonds is 3. The monoisotopic (exact) mass is 209 g/mol. The molecule has 1 aromatic rings. The second kappa shape index (κ2) is 3.28. The number of thioether (sulfide) groups is 1. The van der Waals surface area contributed by atoms with Crippen molar-refractivity contribution in [2.24, 2.45) is 0 Å². The third-order valence-electron chi connectivity index (χ3n) is 2.64. The van der Waals surface area contributed by atoms with Gasteiger partial charge in [-0.3, -0.25) is 4.79 Å². The van der Waals surface area contributed by atoms with Crippen LogP contribution >= 0.6 is 11.8 Å². The van der Waals surface area contributed by atoms with Gasteiger partial charge >= 0.3 is 5.97 Å². The number of hydrogen-bond acceptors (Lipinski definition) is 3. The Kier molecular flexibility index (Phi) is 2.23. The number of pyridine rings is 1. The summed E-state index contributed by atoms with van der Waals surface area (Å²) in [5.41, 5.74) is 0.243. The normalized spacial score (nSPS) is 17.8. The SMILES string of the molecule is CSc1ncccc1C1(C(=O)O)CC1. The molecular weight excluding hydrogens is 198 g/mol. The maximum atomic E-state index is 11.1. The van der Waals surface area contributed by atoms with Crippen LogP contribution < -0.4 is 0 Å². The highest BCUT2D eigenvalue weighted by molar-refractivity contribution is 7.98. The van der Waals surface area contributed by atoms with Crippen molar-refractivity contribution in [1.29, 1.82) is 0 Å². The van der Waals surface area contributed by atoms with Gasteiger partial charge in [-0.1, -0.05) is 6.07 Å². The van der Waals surface area contributed by atoms with Gasteiger partial charge in [-0.15, -0.1) is 11.8 Å². The van der Waals surface area contributed by atoms with Crippen molar-refractivity contribution >= 4 is 17.7 Å². The molecule has 4 heteroatoms. The standard InChI is InChI=1S/C10H11NO2S/c1-14-8-7(3-2-6-11-8)10(4-5-10)9(12)13/h2-3,6H,4-5H2,1H3,(H,12,13). The van der Waals surface area contributed by atoms with E-state index in [2.05, 4.69) is 4.98 Å². The molecule has 0 radical (unpaired) electrons. The molecule has 1 aromatic heterocycles. The van der Waals surface area contributed by atoms with E-state index in [1.807, 2.05) is 12.3 Å². The van der Waals surface area contributed by atoms with Crippen LogP contribution in [0.1, 0.15) is 18.4 Å². The summed E-state index contributed by atoms with van der Waals surface area (Å²) in [6.45, 7) is 0. The predicted molar refractivity (Wildman–Crippen MR) is 54.6 cm³/mol. The molecule has 1 heterocycles. The van der Waals surface area contributed by atoms with Crippen molar-refractivity contribution in [3.63, 3.8) is 0 Å². The first-order valence-electron chi connectivity index (χ1n) is 4.43. The van der Waals surface area contributed by atoms with Gasteiger partial charge in [0.15, 0.2) is 0 Å². The third kappa shape index (κ3) is 1.30. The average molecular weight is 209 g/mol. The zero-order chi connectivity index (χ0) is 10.2. The first kappa shape index (κ1) is 9.52. The molecule has 14 heavy (non-hydrogen) atoms. The Balaban J connectivity index is 2.46. The van der Waals surface area contributed by atoms with Crippen LogP contribution in [0.2, 0.25) is 0 Å². The maximum absolute atomic E-state index is 11.1. The molecule has 2 rings (SSSR count). The number of hydrogen-bond donors (Lipinski definition) is 1. The molecule has 1 fully saturated rings. The molecule has 1 N–H and O–H groups in total. The van der Waals surface area contributed by atoms with Crippen LogP contribution in [0.5, 0.6) is 0 Å². The number of nitrogens with zero attached hydrogens (tertiary/aromatic N) is 1. The zero-order valence-corrected chi connectivity index (χ0v) is 8.67. The Bertz CT molecular complexity index is 374. The highest BCUT2D eigenvalue weighted by Gasteiger charge is 2.53. The van der Waals surface area contributed by atoms with Gasteiger partial charge in [-0.2, -0.15) is 0 Å². The van der Waals surface area contributed by atoms with Crippen molar-refractivity contribution < 1.29 is 9.90 Å². The summed E-state index contributed by atoms with van der Waals surface area (Å²) in [4.78, 5) is 15.3. The molecule has 0 saturated heterocycles. The minimum absolute atomic E-state index is 0.632. The second-order valence-corrected chi connectivity index (χ2v) is 4.24. The predicted octanol–water partition coefficient (Wildman–Crippen LogP) is 1.92. The van der Waals surface area contributed by atoms with Crippen LogP contribution in [0, 0.1) is 0 Å². The van der Waals surface area contributed by atoms with Crippen LogP contribution in [0.4, 0.5) is 0 Å².